The molecule has 0 amide bonds. The van der Waals surface area contributed by atoms with E-state index in [9.17, 15) is 0 Å². The van der Waals surface area contributed by atoms with Crippen LogP contribution in [0.15, 0.2) is 12.1 Å². The summed E-state index contributed by atoms with van der Waals surface area (Å²) in [7, 11) is 4.66. The van der Waals surface area contributed by atoms with Crippen LogP contribution in [0, 0.1) is 0 Å². The molecule has 1 aromatic carbocycles. The van der Waals surface area contributed by atoms with Gasteiger partial charge in [-0.2, -0.15) is 4.98 Å². The molecule has 0 unspecified atom stereocenters. The molecule has 0 aliphatic rings. The Morgan fingerprint density at radius 1 is 0.952 bits per heavy atom. The Bertz CT molecular complexity index is 623. The van der Waals surface area contributed by atoms with E-state index in [-0.39, 0.29) is 11.8 Å². The maximum Gasteiger partial charge on any atom is 0.242 e. The summed E-state index contributed by atoms with van der Waals surface area (Å²) in [6, 6.07) is 3.64. The second-order valence-corrected chi connectivity index (χ2v) is 4.21. The summed E-state index contributed by atoms with van der Waals surface area (Å²) >= 11 is 0. The molecule has 21 heavy (non-hydrogen) atoms. The van der Waals surface area contributed by atoms with Gasteiger partial charge in [-0.15, -0.1) is 10.2 Å². The SMILES string of the molecule is COc1cc(Cc2nnc(N)nc2N)cc(OC)c1OC. The second-order valence-electron chi connectivity index (χ2n) is 4.21. The van der Waals surface area contributed by atoms with Crippen molar-refractivity contribution >= 4 is 11.8 Å². The molecule has 0 fully saturated rings. The van der Waals surface area contributed by atoms with E-state index < -0.39 is 0 Å². The maximum atomic E-state index is 5.79. The number of nitrogens with zero attached hydrogens (tertiary/aromatic N) is 3. The lowest BCUT2D eigenvalue weighted by atomic mass is 10.1. The number of anilines is 2. The fourth-order valence-corrected chi connectivity index (χ4v) is 1.93. The Balaban J connectivity index is 2.40. The highest BCUT2D eigenvalue weighted by Crippen LogP contribution is 2.38. The number of ether oxygens (including phenoxy) is 3. The van der Waals surface area contributed by atoms with Crippen molar-refractivity contribution in [3.05, 3.63) is 23.4 Å². The summed E-state index contributed by atoms with van der Waals surface area (Å²) < 4.78 is 15.9. The average molecular weight is 291 g/mol. The van der Waals surface area contributed by atoms with Gasteiger partial charge < -0.3 is 25.7 Å². The summed E-state index contributed by atoms with van der Waals surface area (Å²) in [4.78, 5) is 3.88. The van der Waals surface area contributed by atoms with Gasteiger partial charge in [0, 0.05) is 6.42 Å². The van der Waals surface area contributed by atoms with Crippen LogP contribution >= 0.6 is 0 Å². The van der Waals surface area contributed by atoms with Crippen LogP contribution in [0.3, 0.4) is 0 Å². The number of rotatable bonds is 5. The summed E-state index contributed by atoms with van der Waals surface area (Å²) in [6.07, 6.45) is 0.419. The first-order chi connectivity index (χ1) is 10.1. The van der Waals surface area contributed by atoms with Crippen molar-refractivity contribution in [1.29, 1.82) is 0 Å². The molecule has 0 radical (unpaired) electrons. The standard InChI is InChI=1S/C13H17N5O3/c1-19-9-5-7(6-10(20-2)11(9)21-3)4-8-12(14)16-13(15)18-17-8/h5-6H,4H2,1-3H3,(H4,14,15,16,18). The Morgan fingerprint density at radius 3 is 2.05 bits per heavy atom. The number of hydrogen-bond donors (Lipinski definition) is 2. The van der Waals surface area contributed by atoms with Gasteiger partial charge in [0.1, 0.15) is 5.69 Å². The third-order valence-corrected chi connectivity index (χ3v) is 2.90. The Hall–Kier alpha value is -2.77. The highest BCUT2D eigenvalue weighted by Gasteiger charge is 2.15. The number of hydrogen-bond acceptors (Lipinski definition) is 8. The summed E-state index contributed by atoms with van der Waals surface area (Å²) in [5.41, 5.74) is 12.6. The van der Waals surface area contributed by atoms with Gasteiger partial charge in [-0.05, 0) is 17.7 Å². The molecular weight excluding hydrogens is 274 g/mol. The number of benzene rings is 1. The van der Waals surface area contributed by atoms with Crippen molar-refractivity contribution in [2.45, 2.75) is 6.42 Å². The van der Waals surface area contributed by atoms with Crippen molar-refractivity contribution in [2.75, 3.05) is 32.8 Å². The fraction of sp³-hybridized carbons (Fsp3) is 0.308. The van der Waals surface area contributed by atoms with E-state index in [0.717, 1.165) is 5.56 Å². The van der Waals surface area contributed by atoms with Crippen LogP contribution in [0.1, 0.15) is 11.3 Å². The number of nitrogens with two attached hydrogens (primary N) is 2. The first-order valence-corrected chi connectivity index (χ1v) is 6.12. The van der Waals surface area contributed by atoms with Gasteiger partial charge in [0.2, 0.25) is 11.7 Å². The summed E-state index contributed by atoms with van der Waals surface area (Å²) in [5.74, 6) is 1.93. The topological polar surface area (TPSA) is 118 Å². The van der Waals surface area contributed by atoms with Crippen LogP contribution in [-0.2, 0) is 6.42 Å². The van der Waals surface area contributed by atoms with Crippen LogP contribution in [0.5, 0.6) is 17.2 Å². The van der Waals surface area contributed by atoms with E-state index in [2.05, 4.69) is 15.2 Å². The van der Waals surface area contributed by atoms with Crippen molar-refractivity contribution in [3.63, 3.8) is 0 Å². The molecule has 4 N–H and O–H groups in total. The lowest BCUT2D eigenvalue weighted by Gasteiger charge is -2.14. The zero-order valence-corrected chi connectivity index (χ0v) is 12.1. The molecule has 2 rings (SSSR count). The lowest BCUT2D eigenvalue weighted by Crippen LogP contribution is -2.07. The van der Waals surface area contributed by atoms with Crippen LogP contribution in [0.25, 0.3) is 0 Å². The van der Waals surface area contributed by atoms with Gasteiger partial charge in [-0.25, -0.2) is 0 Å². The zero-order chi connectivity index (χ0) is 15.4. The molecular formula is C13H17N5O3. The highest BCUT2D eigenvalue weighted by molar-refractivity contribution is 5.55. The number of nitrogen functional groups attached to an aromatic ring is 2. The van der Waals surface area contributed by atoms with E-state index in [1.807, 2.05) is 12.1 Å². The summed E-state index contributed by atoms with van der Waals surface area (Å²) in [5, 5.41) is 7.66. The van der Waals surface area contributed by atoms with Crippen molar-refractivity contribution in [2.24, 2.45) is 0 Å². The molecule has 1 heterocycles. The number of methoxy groups -OCH3 is 3. The van der Waals surface area contributed by atoms with Crippen molar-refractivity contribution in [1.82, 2.24) is 15.2 Å². The third kappa shape index (κ3) is 3.04. The summed E-state index contributed by atoms with van der Waals surface area (Å²) in [6.45, 7) is 0. The molecule has 112 valence electrons. The van der Waals surface area contributed by atoms with Crippen molar-refractivity contribution in [3.8, 4) is 17.2 Å². The van der Waals surface area contributed by atoms with Crippen LogP contribution in [0.2, 0.25) is 0 Å². The van der Waals surface area contributed by atoms with Crippen molar-refractivity contribution < 1.29 is 14.2 Å². The molecule has 0 atom stereocenters. The molecule has 0 saturated heterocycles. The minimum Gasteiger partial charge on any atom is -0.493 e. The lowest BCUT2D eigenvalue weighted by molar-refractivity contribution is 0.324. The van der Waals surface area contributed by atoms with Gasteiger partial charge >= 0.3 is 0 Å². The minimum absolute atomic E-state index is 0.0427. The predicted molar refractivity (Wildman–Crippen MR) is 77.6 cm³/mol. The van der Waals surface area contributed by atoms with Crippen LogP contribution in [0.4, 0.5) is 11.8 Å². The number of aromatic nitrogens is 3. The van der Waals surface area contributed by atoms with E-state index in [4.69, 9.17) is 25.7 Å². The van der Waals surface area contributed by atoms with Gasteiger partial charge in [-0.3, -0.25) is 0 Å². The molecule has 8 heteroatoms. The molecule has 0 aliphatic carbocycles. The molecule has 0 bridgehead atoms. The third-order valence-electron chi connectivity index (χ3n) is 2.90. The predicted octanol–water partition coefficient (Wildman–Crippen LogP) is 0.653. The molecule has 0 aliphatic heterocycles. The van der Waals surface area contributed by atoms with Gasteiger partial charge in [0.15, 0.2) is 17.3 Å². The minimum atomic E-state index is 0.0427. The van der Waals surface area contributed by atoms with E-state index in [1.54, 1.807) is 21.3 Å². The van der Waals surface area contributed by atoms with Crippen LogP contribution in [-0.4, -0.2) is 36.5 Å². The van der Waals surface area contributed by atoms with E-state index in [1.165, 1.54) is 0 Å². The van der Waals surface area contributed by atoms with Gasteiger partial charge in [-0.1, -0.05) is 0 Å². The monoisotopic (exact) mass is 291 g/mol. The molecule has 2 aromatic rings. The first kappa shape index (κ1) is 14.6. The highest BCUT2D eigenvalue weighted by atomic mass is 16.5. The molecule has 0 saturated carbocycles. The molecule has 0 spiro atoms. The smallest absolute Gasteiger partial charge is 0.242 e. The normalized spacial score (nSPS) is 10.2. The second kappa shape index (κ2) is 6.12. The first-order valence-electron chi connectivity index (χ1n) is 6.12. The molecule has 8 nitrogen and oxygen atoms in total. The van der Waals surface area contributed by atoms with E-state index >= 15 is 0 Å². The van der Waals surface area contributed by atoms with Crippen LogP contribution < -0.4 is 25.7 Å². The maximum absolute atomic E-state index is 5.79. The largest absolute Gasteiger partial charge is 0.493 e. The average Bonchev–Trinajstić information content (AvgIpc) is 2.49. The quantitative estimate of drug-likeness (QED) is 0.824. The van der Waals surface area contributed by atoms with E-state index in [0.29, 0.717) is 29.4 Å². The zero-order valence-electron chi connectivity index (χ0n) is 12.1. The fourth-order valence-electron chi connectivity index (χ4n) is 1.93. The Kier molecular flexibility index (Phi) is 4.27. The Labute approximate surface area is 122 Å². The Morgan fingerprint density at radius 2 is 1.57 bits per heavy atom. The molecule has 1 aromatic heterocycles. The van der Waals surface area contributed by atoms with Gasteiger partial charge in [0.25, 0.3) is 0 Å². The van der Waals surface area contributed by atoms with Gasteiger partial charge in [0.05, 0.1) is 21.3 Å².